The number of phenols is 1. The van der Waals surface area contributed by atoms with Crippen LogP contribution in [-0.2, 0) is 11.2 Å². The first-order valence-corrected chi connectivity index (χ1v) is 9.29. The second-order valence-electron chi connectivity index (χ2n) is 7.87. The van der Waals surface area contributed by atoms with Crippen LogP contribution in [0.3, 0.4) is 0 Å². The van der Waals surface area contributed by atoms with Gasteiger partial charge in [-0.2, -0.15) is 0 Å². The van der Waals surface area contributed by atoms with E-state index in [1.54, 1.807) is 11.9 Å². The molecule has 3 rings (SSSR count). The van der Waals surface area contributed by atoms with Gasteiger partial charge in [-0.05, 0) is 82.3 Å². The smallest absolute Gasteiger partial charge is 0.271 e. The van der Waals surface area contributed by atoms with E-state index in [1.165, 1.54) is 0 Å². The van der Waals surface area contributed by atoms with Gasteiger partial charge in [0, 0.05) is 24.7 Å². The Balaban J connectivity index is 1.97. The minimum absolute atomic E-state index is 0.117. The fourth-order valence-electron chi connectivity index (χ4n) is 3.85. The fourth-order valence-corrected chi connectivity index (χ4v) is 3.85. The fraction of sp³-hybridized carbons (Fsp3) is 0.455. The van der Waals surface area contributed by atoms with E-state index in [4.69, 9.17) is 4.74 Å². The Morgan fingerprint density at radius 3 is 2.44 bits per heavy atom. The molecular formula is C22H28N2O3. The molecule has 0 saturated carbocycles. The lowest BCUT2D eigenvalue weighted by Gasteiger charge is -2.38. The van der Waals surface area contributed by atoms with E-state index in [9.17, 15) is 9.90 Å². The zero-order valence-corrected chi connectivity index (χ0v) is 17.2. The summed E-state index contributed by atoms with van der Waals surface area (Å²) in [6.07, 6.45) is 1.24. The number of pyridine rings is 1. The quantitative estimate of drug-likeness (QED) is 0.868. The molecule has 5 nitrogen and oxygen atoms in total. The predicted octanol–water partition coefficient (Wildman–Crippen LogP) is 4.08. The molecule has 1 unspecified atom stereocenters. The van der Waals surface area contributed by atoms with Crippen molar-refractivity contribution in [2.75, 3.05) is 11.9 Å². The second kappa shape index (κ2) is 6.55. The first kappa shape index (κ1) is 19.2. The van der Waals surface area contributed by atoms with Crippen molar-refractivity contribution in [1.82, 2.24) is 4.98 Å². The number of amides is 1. The number of fused-ring (bicyclic) bond motifs is 1. The average Bonchev–Trinajstić information content (AvgIpc) is 2.62. The Kier molecular flexibility index (Phi) is 4.66. The summed E-state index contributed by atoms with van der Waals surface area (Å²) < 4.78 is 6.30. The highest BCUT2D eigenvalue weighted by molar-refractivity contribution is 5.98. The molecule has 27 heavy (non-hydrogen) atoms. The average molecular weight is 368 g/mol. The van der Waals surface area contributed by atoms with Crippen molar-refractivity contribution in [3.05, 3.63) is 45.6 Å². The number of likely N-dealkylation sites (N-methyl/N-ethyl adjacent to an activating group) is 1. The summed E-state index contributed by atoms with van der Waals surface area (Å²) in [6.45, 7) is 11.5. The SMILES string of the molecule is Cc1cc(C)nc(N(C)C(=O)C2(C)CCc3c(C)c(O)c(C)c(C)c3O2)c1. The summed E-state index contributed by atoms with van der Waals surface area (Å²) in [5.41, 5.74) is 4.49. The van der Waals surface area contributed by atoms with Crippen LogP contribution in [0.25, 0.3) is 0 Å². The van der Waals surface area contributed by atoms with E-state index in [2.05, 4.69) is 4.98 Å². The van der Waals surface area contributed by atoms with E-state index >= 15 is 0 Å². The summed E-state index contributed by atoms with van der Waals surface area (Å²) in [6, 6.07) is 3.89. The van der Waals surface area contributed by atoms with Gasteiger partial charge in [0.15, 0.2) is 5.60 Å². The van der Waals surface area contributed by atoms with Gasteiger partial charge in [0.25, 0.3) is 5.91 Å². The van der Waals surface area contributed by atoms with E-state index < -0.39 is 5.60 Å². The number of rotatable bonds is 2. The summed E-state index contributed by atoms with van der Waals surface area (Å²) in [5, 5.41) is 10.3. The van der Waals surface area contributed by atoms with Crippen molar-refractivity contribution in [3.8, 4) is 11.5 Å². The van der Waals surface area contributed by atoms with Gasteiger partial charge in [-0.1, -0.05) is 0 Å². The minimum Gasteiger partial charge on any atom is -0.507 e. The van der Waals surface area contributed by atoms with Crippen LogP contribution < -0.4 is 9.64 Å². The number of anilines is 1. The maximum Gasteiger partial charge on any atom is 0.271 e. The normalized spacial score (nSPS) is 18.6. The van der Waals surface area contributed by atoms with E-state index in [0.29, 0.717) is 24.4 Å². The number of hydrogen-bond acceptors (Lipinski definition) is 4. The minimum atomic E-state index is -0.971. The molecular weight excluding hydrogens is 340 g/mol. The van der Waals surface area contributed by atoms with Crippen LogP contribution in [0, 0.1) is 34.6 Å². The second-order valence-corrected chi connectivity index (χ2v) is 7.87. The lowest BCUT2D eigenvalue weighted by Crippen LogP contribution is -2.52. The molecule has 0 fully saturated rings. The van der Waals surface area contributed by atoms with E-state index in [-0.39, 0.29) is 5.91 Å². The van der Waals surface area contributed by atoms with Crippen LogP contribution >= 0.6 is 0 Å². The number of carbonyl (C=O) groups is 1. The molecule has 2 aromatic rings. The standard InChI is InChI=1S/C22H28N2O3/c1-12-10-13(2)23-18(11-12)24(7)21(26)22(6)9-8-17-16(5)19(25)14(3)15(4)20(17)27-22/h10-11,25H,8-9H2,1-7H3. The van der Waals surface area contributed by atoms with Gasteiger partial charge in [0.2, 0.25) is 0 Å². The predicted molar refractivity (Wildman–Crippen MR) is 107 cm³/mol. The van der Waals surface area contributed by atoms with Crippen LogP contribution in [0.15, 0.2) is 12.1 Å². The molecule has 0 radical (unpaired) electrons. The topological polar surface area (TPSA) is 62.7 Å². The molecule has 5 heteroatoms. The zero-order chi connectivity index (χ0) is 20.1. The van der Waals surface area contributed by atoms with Crippen molar-refractivity contribution in [3.63, 3.8) is 0 Å². The third-order valence-electron chi connectivity index (χ3n) is 5.70. The molecule has 0 aliphatic carbocycles. The summed E-state index contributed by atoms with van der Waals surface area (Å²) in [7, 11) is 1.74. The van der Waals surface area contributed by atoms with Gasteiger partial charge in [-0.3, -0.25) is 9.69 Å². The molecule has 1 aliphatic heterocycles. The van der Waals surface area contributed by atoms with E-state index in [1.807, 2.05) is 53.7 Å². The van der Waals surface area contributed by atoms with Crippen LogP contribution in [0.1, 0.15) is 46.9 Å². The molecule has 1 aromatic heterocycles. The van der Waals surface area contributed by atoms with Crippen molar-refractivity contribution < 1.29 is 14.6 Å². The van der Waals surface area contributed by atoms with Gasteiger partial charge in [0.1, 0.15) is 17.3 Å². The van der Waals surface area contributed by atoms with Gasteiger partial charge >= 0.3 is 0 Å². The largest absolute Gasteiger partial charge is 0.507 e. The number of aromatic nitrogens is 1. The van der Waals surface area contributed by atoms with Gasteiger partial charge in [0.05, 0.1) is 0 Å². The molecule has 1 N–H and O–H groups in total. The number of ether oxygens (including phenoxy) is 1. The number of aryl methyl sites for hydroxylation is 2. The van der Waals surface area contributed by atoms with Crippen molar-refractivity contribution in [2.24, 2.45) is 0 Å². The van der Waals surface area contributed by atoms with Crippen LogP contribution in [0.2, 0.25) is 0 Å². The highest BCUT2D eigenvalue weighted by atomic mass is 16.5. The Morgan fingerprint density at radius 2 is 1.81 bits per heavy atom. The Hall–Kier alpha value is -2.56. The van der Waals surface area contributed by atoms with Crippen molar-refractivity contribution >= 4 is 11.7 Å². The molecule has 1 aliphatic rings. The zero-order valence-electron chi connectivity index (χ0n) is 17.2. The number of hydrogen-bond donors (Lipinski definition) is 1. The number of benzene rings is 1. The molecule has 144 valence electrons. The third-order valence-corrected chi connectivity index (χ3v) is 5.70. The Bertz CT molecular complexity index is 916. The Labute approximate surface area is 161 Å². The number of carbonyl (C=O) groups excluding carboxylic acids is 1. The van der Waals surface area contributed by atoms with Gasteiger partial charge in [-0.25, -0.2) is 4.98 Å². The van der Waals surface area contributed by atoms with Gasteiger partial charge < -0.3 is 9.84 Å². The summed E-state index contributed by atoms with van der Waals surface area (Å²) in [5.74, 6) is 1.56. The molecule has 1 aromatic carbocycles. The number of phenolic OH excluding ortho intramolecular Hbond substituents is 1. The highest BCUT2D eigenvalue weighted by Crippen LogP contribution is 2.43. The summed E-state index contributed by atoms with van der Waals surface area (Å²) >= 11 is 0. The third kappa shape index (κ3) is 3.15. The number of aromatic hydroxyl groups is 1. The molecule has 2 heterocycles. The van der Waals surface area contributed by atoms with Crippen LogP contribution in [0.5, 0.6) is 11.5 Å². The lowest BCUT2D eigenvalue weighted by molar-refractivity contribution is -0.133. The number of nitrogens with zero attached hydrogens (tertiary/aromatic N) is 2. The molecule has 0 bridgehead atoms. The molecule has 1 amide bonds. The maximum absolute atomic E-state index is 13.3. The first-order valence-electron chi connectivity index (χ1n) is 9.29. The monoisotopic (exact) mass is 368 g/mol. The van der Waals surface area contributed by atoms with E-state index in [0.717, 1.165) is 39.3 Å². The van der Waals surface area contributed by atoms with Crippen LogP contribution in [-0.4, -0.2) is 28.6 Å². The van der Waals surface area contributed by atoms with Crippen molar-refractivity contribution in [1.29, 1.82) is 0 Å². The molecule has 0 spiro atoms. The maximum atomic E-state index is 13.3. The van der Waals surface area contributed by atoms with Gasteiger partial charge in [-0.15, -0.1) is 0 Å². The molecule has 1 atom stereocenters. The van der Waals surface area contributed by atoms with Crippen LogP contribution in [0.4, 0.5) is 5.82 Å². The Morgan fingerprint density at radius 1 is 1.15 bits per heavy atom. The summed E-state index contributed by atoms with van der Waals surface area (Å²) in [4.78, 5) is 19.4. The first-order chi connectivity index (χ1) is 12.5. The highest BCUT2D eigenvalue weighted by Gasteiger charge is 2.43. The lowest BCUT2D eigenvalue weighted by atomic mass is 9.86. The van der Waals surface area contributed by atoms with Crippen molar-refractivity contribution in [2.45, 2.75) is 60.0 Å². The molecule has 0 saturated heterocycles.